The van der Waals surface area contributed by atoms with Gasteiger partial charge < -0.3 is 9.53 Å². The molecule has 0 aliphatic carbocycles. The minimum absolute atomic E-state index is 0.259. The van der Waals surface area contributed by atoms with Gasteiger partial charge in [-0.2, -0.15) is 0 Å². The maximum Gasteiger partial charge on any atom is 0.153 e. The van der Waals surface area contributed by atoms with Crippen molar-refractivity contribution in [1.29, 1.82) is 0 Å². The zero-order valence-corrected chi connectivity index (χ0v) is 8.19. The van der Waals surface area contributed by atoms with Crippen LogP contribution in [-0.4, -0.2) is 19.7 Å². The summed E-state index contributed by atoms with van der Waals surface area (Å²) >= 11 is 0. The topological polar surface area (TPSA) is 43.4 Å². The number of rotatable bonds is 4. The fourth-order valence-corrected chi connectivity index (χ4v) is 1.33. The largest absolute Gasteiger partial charge is 0.496 e. The highest BCUT2D eigenvalue weighted by Gasteiger charge is 2.13. The van der Waals surface area contributed by atoms with Crippen LogP contribution in [0.5, 0.6) is 5.75 Å². The number of hydrogen-bond acceptors (Lipinski definition) is 3. The Morgan fingerprint density at radius 3 is 2.57 bits per heavy atom. The number of carbonyl (C=O) groups excluding carboxylic acids is 2. The normalized spacial score (nSPS) is 11.9. The minimum atomic E-state index is -0.259. The molecule has 1 aromatic rings. The highest BCUT2D eigenvalue weighted by Crippen LogP contribution is 2.27. The van der Waals surface area contributed by atoms with E-state index in [0.717, 1.165) is 18.1 Å². The zero-order valence-electron chi connectivity index (χ0n) is 8.19. The van der Waals surface area contributed by atoms with Gasteiger partial charge in [-0.25, -0.2) is 0 Å². The number of carbonyl (C=O) groups is 2. The number of aldehydes is 2. The van der Waals surface area contributed by atoms with Crippen molar-refractivity contribution in [2.24, 2.45) is 0 Å². The molecule has 0 heterocycles. The first-order chi connectivity index (χ1) is 6.74. The Morgan fingerprint density at radius 2 is 2.07 bits per heavy atom. The zero-order chi connectivity index (χ0) is 10.6. The van der Waals surface area contributed by atoms with Crippen molar-refractivity contribution in [2.45, 2.75) is 12.8 Å². The Balaban J connectivity index is 3.27. The minimum Gasteiger partial charge on any atom is -0.496 e. The summed E-state index contributed by atoms with van der Waals surface area (Å²) in [7, 11) is 1.49. The molecule has 0 aromatic heterocycles. The average molecular weight is 192 g/mol. The highest BCUT2D eigenvalue weighted by atomic mass is 16.5. The second kappa shape index (κ2) is 4.56. The molecule has 1 unspecified atom stereocenters. The van der Waals surface area contributed by atoms with Crippen LogP contribution in [0.1, 0.15) is 28.8 Å². The summed E-state index contributed by atoms with van der Waals surface area (Å²) < 4.78 is 5.10. The van der Waals surface area contributed by atoms with Crippen LogP contribution < -0.4 is 4.74 Å². The number of hydrogen-bond donors (Lipinski definition) is 0. The third-order valence-electron chi connectivity index (χ3n) is 2.10. The average Bonchev–Trinajstić information content (AvgIpc) is 2.26. The van der Waals surface area contributed by atoms with E-state index in [1.165, 1.54) is 7.11 Å². The molecular weight excluding hydrogens is 180 g/mol. The number of benzene rings is 1. The molecule has 0 aliphatic heterocycles. The molecule has 0 spiro atoms. The van der Waals surface area contributed by atoms with E-state index >= 15 is 0 Å². The lowest BCUT2D eigenvalue weighted by Crippen LogP contribution is -2.01. The first-order valence-electron chi connectivity index (χ1n) is 4.32. The van der Waals surface area contributed by atoms with Crippen LogP contribution in [0.3, 0.4) is 0 Å². The monoisotopic (exact) mass is 192 g/mol. The van der Waals surface area contributed by atoms with E-state index in [9.17, 15) is 9.59 Å². The van der Waals surface area contributed by atoms with Crippen LogP contribution in [0.4, 0.5) is 0 Å². The molecule has 0 N–H and O–H groups in total. The summed E-state index contributed by atoms with van der Waals surface area (Å²) in [6.07, 6.45) is 1.55. The predicted molar refractivity (Wildman–Crippen MR) is 52.9 cm³/mol. The molecule has 0 amide bonds. The maximum atomic E-state index is 10.7. The molecule has 1 aromatic carbocycles. The molecule has 0 radical (unpaired) electrons. The van der Waals surface area contributed by atoms with Crippen molar-refractivity contribution in [3.05, 3.63) is 29.3 Å². The van der Waals surface area contributed by atoms with Gasteiger partial charge in [0.25, 0.3) is 0 Å². The smallest absolute Gasteiger partial charge is 0.153 e. The second-order valence-corrected chi connectivity index (χ2v) is 3.01. The van der Waals surface area contributed by atoms with Gasteiger partial charge in [-0.15, -0.1) is 0 Å². The second-order valence-electron chi connectivity index (χ2n) is 3.01. The number of para-hydroxylation sites is 1. The summed E-state index contributed by atoms with van der Waals surface area (Å²) in [6, 6.07) is 5.18. The summed E-state index contributed by atoms with van der Waals surface area (Å²) in [6.45, 7) is 1.76. The molecule has 1 atom stereocenters. The van der Waals surface area contributed by atoms with E-state index in [2.05, 4.69) is 0 Å². The summed E-state index contributed by atoms with van der Waals surface area (Å²) in [5, 5.41) is 0. The van der Waals surface area contributed by atoms with Gasteiger partial charge in [0, 0.05) is 11.5 Å². The Kier molecular flexibility index (Phi) is 3.40. The van der Waals surface area contributed by atoms with E-state index in [1.807, 2.05) is 0 Å². The lowest BCUT2D eigenvalue weighted by atomic mass is 9.99. The summed E-state index contributed by atoms with van der Waals surface area (Å²) in [4.78, 5) is 21.3. The van der Waals surface area contributed by atoms with Crippen molar-refractivity contribution in [2.75, 3.05) is 7.11 Å². The Morgan fingerprint density at radius 1 is 1.36 bits per heavy atom. The van der Waals surface area contributed by atoms with Crippen LogP contribution in [0.2, 0.25) is 0 Å². The fraction of sp³-hybridized carbons (Fsp3) is 0.273. The van der Waals surface area contributed by atoms with Crippen LogP contribution >= 0.6 is 0 Å². The summed E-state index contributed by atoms with van der Waals surface area (Å²) in [5.41, 5.74) is 1.21. The third kappa shape index (κ3) is 1.82. The van der Waals surface area contributed by atoms with Gasteiger partial charge >= 0.3 is 0 Å². The highest BCUT2D eigenvalue weighted by molar-refractivity contribution is 5.81. The molecule has 74 valence electrons. The van der Waals surface area contributed by atoms with Gasteiger partial charge in [0.15, 0.2) is 6.29 Å². The molecule has 0 fully saturated rings. The van der Waals surface area contributed by atoms with Crippen LogP contribution in [0.15, 0.2) is 18.2 Å². The Labute approximate surface area is 82.7 Å². The van der Waals surface area contributed by atoms with Crippen LogP contribution in [-0.2, 0) is 4.79 Å². The van der Waals surface area contributed by atoms with Crippen molar-refractivity contribution in [3.63, 3.8) is 0 Å². The van der Waals surface area contributed by atoms with Gasteiger partial charge in [0.2, 0.25) is 0 Å². The number of methoxy groups -OCH3 is 1. The van der Waals surface area contributed by atoms with Gasteiger partial charge in [0.05, 0.1) is 12.7 Å². The predicted octanol–water partition coefficient (Wildman–Crippen LogP) is 1.81. The van der Waals surface area contributed by atoms with E-state index in [-0.39, 0.29) is 5.92 Å². The van der Waals surface area contributed by atoms with Gasteiger partial charge in [-0.1, -0.05) is 19.1 Å². The number of ether oxygens (including phenoxy) is 1. The molecular formula is C11H12O3. The maximum absolute atomic E-state index is 10.7. The summed E-state index contributed by atoms with van der Waals surface area (Å²) in [5.74, 6) is 0.229. The first-order valence-corrected chi connectivity index (χ1v) is 4.32. The van der Waals surface area contributed by atoms with E-state index in [4.69, 9.17) is 4.74 Å². The molecule has 14 heavy (non-hydrogen) atoms. The van der Waals surface area contributed by atoms with Gasteiger partial charge in [-0.05, 0) is 6.07 Å². The van der Waals surface area contributed by atoms with E-state index in [0.29, 0.717) is 11.3 Å². The van der Waals surface area contributed by atoms with Crippen LogP contribution in [0, 0.1) is 0 Å². The molecule has 0 saturated carbocycles. The lowest BCUT2D eigenvalue weighted by molar-refractivity contribution is -0.108. The van der Waals surface area contributed by atoms with Gasteiger partial charge in [0.1, 0.15) is 12.0 Å². The first kappa shape index (κ1) is 10.4. The Bertz CT molecular complexity index is 344. The van der Waals surface area contributed by atoms with Crippen molar-refractivity contribution in [3.8, 4) is 5.75 Å². The van der Waals surface area contributed by atoms with Crippen molar-refractivity contribution >= 4 is 12.6 Å². The Hall–Kier alpha value is -1.64. The quantitative estimate of drug-likeness (QED) is 0.683. The van der Waals surface area contributed by atoms with Crippen molar-refractivity contribution in [1.82, 2.24) is 0 Å². The lowest BCUT2D eigenvalue weighted by Gasteiger charge is -2.11. The third-order valence-corrected chi connectivity index (χ3v) is 2.10. The SMILES string of the molecule is COc1c(C=O)cccc1C(C)C=O. The molecule has 0 saturated heterocycles. The van der Waals surface area contributed by atoms with Crippen molar-refractivity contribution < 1.29 is 14.3 Å². The van der Waals surface area contributed by atoms with Crippen LogP contribution in [0.25, 0.3) is 0 Å². The molecule has 0 bridgehead atoms. The molecule has 3 nitrogen and oxygen atoms in total. The molecule has 1 rings (SSSR count). The van der Waals surface area contributed by atoms with E-state index in [1.54, 1.807) is 25.1 Å². The van der Waals surface area contributed by atoms with E-state index < -0.39 is 0 Å². The van der Waals surface area contributed by atoms with Gasteiger partial charge in [-0.3, -0.25) is 4.79 Å². The molecule has 0 aliphatic rings. The fourth-order valence-electron chi connectivity index (χ4n) is 1.33. The molecule has 3 heteroatoms. The standard InChI is InChI=1S/C11H12O3/c1-8(6-12)10-5-3-4-9(7-13)11(10)14-2/h3-8H,1-2H3.